The Bertz CT molecular complexity index is 235. The first-order chi connectivity index (χ1) is 7.63. The first-order valence-corrected chi connectivity index (χ1v) is 6.46. The lowest BCUT2D eigenvalue weighted by Gasteiger charge is -2.21. The van der Waals surface area contributed by atoms with Gasteiger partial charge in [-0.25, -0.2) is 0 Å². The Morgan fingerprint density at radius 2 is 2.31 bits per heavy atom. The fourth-order valence-corrected chi connectivity index (χ4v) is 2.90. The molecule has 0 aromatic carbocycles. The van der Waals surface area contributed by atoms with E-state index in [4.69, 9.17) is 5.11 Å². The van der Waals surface area contributed by atoms with Crippen molar-refractivity contribution in [2.24, 2.45) is 17.8 Å². The van der Waals surface area contributed by atoms with Crippen molar-refractivity contribution in [3.05, 3.63) is 12.7 Å². The van der Waals surface area contributed by atoms with Gasteiger partial charge in [-0.3, -0.25) is 4.79 Å². The summed E-state index contributed by atoms with van der Waals surface area (Å²) in [5.74, 6) is 1.25. The van der Waals surface area contributed by atoms with E-state index in [1.807, 2.05) is 6.08 Å². The molecule has 1 aliphatic rings. The minimum absolute atomic E-state index is 0.330. The van der Waals surface area contributed by atoms with Gasteiger partial charge in [0.1, 0.15) is 0 Å². The Hall–Kier alpha value is -0.790. The van der Waals surface area contributed by atoms with Crippen LogP contribution in [0.15, 0.2) is 12.7 Å². The number of rotatable bonds is 7. The van der Waals surface area contributed by atoms with Crippen LogP contribution < -0.4 is 0 Å². The molecule has 16 heavy (non-hydrogen) atoms. The Labute approximate surface area is 98.7 Å². The summed E-state index contributed by atoms with van der Waals surface area (Å²) in [6.07, 6.45) is 9.20. The van der Waals surface area contributed by atoms with Crippen molar-refractivity contribution < 1.29 is 9.90 Å². The lowest BCUT2D eigenvalue weighted by atomic mass is 9.84. The highest BCUT2D eigenvalue weighted by Crippen LogP contribution is 2.37. The van der Waals surface area contributed by atoms with Gasteiger partial charge in [0.2, 0.25) is 0 Å². The van der Waals surface area contributed by atoms with Gasteiger partial charge in [0.25, 0.3) is 0 Å². The molecule has 0 radical (unpaired) electrons. The van der Waals surface area contributed by atoms with Crippen LogP contribution in [0.4, 0.5) is 0 Å². The molecule has 0 amide bonds. The second kappa shape index (κ2) is 6.72. The Kier molecular flexibility index (Phi) is 5.58. The second-order valence-electron chi connectivity index (χ2n) is 5.23. The summed E-state index contributed by atoms with van der Waals surface area (Å²) in [7, 11) is 0. The molecule has 92 valence electrons. The minimum Gasteiger partial charge on any atom is -0.481 e. The predicted molar refractivity (Wildman–Crippen MR) is 66.3 cm³/mol. The third-order valence-corrected chi connectivity index (χ3v) is 3.92. The summed E-state index contributed by atoms with van der Waals surface area (Å²) < 4.78 is 0. The molecule has 3 atom stereocenters. The minimum atomic E-state index is -0.653. The molecule has 2 nitrogen and oxygen atoms in total. The van der Waals surface area contributed by atoms with Gasteiger partial charge in [0, 0.05) is 6.42 Å². The van der Waals surface area contributed by atoms with Gasteiger partial charge in [0.05, 0.1) is 0 Å². The Balaban J connectivity index is 2.41. The molecule has 1 fully saturated rings. The fraction of sp³-hybridized carbons (Fsp3) is 0.786. The normalized spacial score (nSPS) is 26.6. The summed E-state index contributed by atoms with van der Waals surface area (Å²) in [6, 6.07) is 0. The lowest BCUT2D eigenvalue weighted by Crippen LogP contribution is -2.14. The zero-order chi connectivity index (χ0) is 12.0. The molecule has 2 heteroatoms. The number of hydrogen-bond acceptors (Lipinski definition) is 1. The Morgan fingerprint density at radius 3 is 2.81 bits per heavy atom. The quantitative estimate of drug-likeness (QED) is 0.666. The van der Waals surface area contributed by atoms with Crippen LogP contribution in [0.25, 0.3) is 0 Å². The highest BCUT2D eigenvalue weighted by Gasteiger charge is 2.26. The molecule has 0 spiro atoms. The summed E-state index contributed by atoms with van der Waals surface area (Å²) >= 11 is 0. The average Bonchev–Trinajstić information content (AvgIpc) is 2.60. The first-order valence-electron chi connectivity index (χ1n) is 6.46. The molecule has 1 rings (SSSR count). The number of carboxylic acid groups (broad SMARTS) is 1. The maximum Gasteiger partial charge on any atom is 0.303 e. The van der Waals surface area contributed by atoms with Crippen molar-refractivity contribution in [1.29, 1.82) is 0 Å². The third-order valence-electron chi connectivity index (χ3n) is 3.92. The highest BCUT2D eigenvalue weighted by atomic mass is 16.4. The third kappa shape index (κ3) is 4.38. The number of carboxylic acids is 1. The summed E-state index contributed by atoms with van der Waals surface area (Å²) in [6.45, 7) is 6.02. The van der Waals surface area contributed by atoms with E-state index in [0.29, 0.717) is 12.3 Å². The summed E-state index contributed by atoms with van der Waals surface area (Å²) in [5, 5.41) is 8.90. The molecule has 0 heterocycles. The molecule has 1 unspecified atom stereocenters. The van der Waals surface area contributed by atoms with E-state index in [-0.39, 0.29) is 0 Å². The zero-order valence-corrected chi connectivity index (χ0v) is 10.3. The molecule has 0 aromatic heterocycles. The van der Waals surface area contributed by atoms with Gasteiger partial charge < -0.3 is 5.11 Å². The van der Waals surface area contributed by atoms with E-state index < -0.39 is 5.97 Å². The number of aliphatic carboxylic acids is 1. The smallest absolute Gasteiger partial charge is 0.303 e. The summed E-state index contributed by atoms with van der Waals surface area (Å²) in [5.41, 5.74) is 0. The maximum atomic E-state index is 10.8. The van der Waals surface area contributed by atoms with Crippen LogP contribution in [0.5, 0.6) is 0 Å². The van der Waals surface area contributed by atoms with Crippen molar-refractivity contribution in [2.75, 3.05) is 0 Å². The van der Waals surface area contributed by atoms with Crippen LogP contribution in [0.3, 0.4) is 0 Å². The van der Waals surface area contributed by atoms with Crippen LogP contribution in [0, 0.1) is 17.8 Å². The average molecular weight is 224 g/mol. The molecule has 1 N–H and O–H groups in total. The molecule has 1 saturated carbocycles. The van der Waals surface area contributed by atoms with E-state index in [2.05, 4.69) is 13.5 Å². The maximum absolute atomic E-state index is 10.8. The molecule has 0 aliphatic heterocycles. The van der Waals surface area contributed by atoms with Crippen molar-refractivity contribution >= 4 is 5.97 Å². The number of allylic oxidation sites excluding steroid dienone is 1. The van der Waals surface area contributed by atoms with Crippen LogP contribution >= 0.6 is 0 Å². The lowest BCUT2D eigenvalue weighted by molar-refractivity contribution is -0.138. The van der Waals surface area contributed by atoms with Crippen molar-refractivity contribution in [3.8, 4) is 0 Å². The second-order valence-corrected chi connectivity index (χ2v) is 5.23. The first kappa shape index (κ1) is 13.3. The van der Waals surface area contributed by atoms with Gasteiger partial charge in [-0.2, -0.15) is 0 Å². The highest BCUT2D eigenvalue weighted by molar-refractivity contribution is 5.67. The van der Waals surface area contributed by atoms with Gasteiger partial charge >= 0.3 is 5.97 Å². The van der Waals surface area contributed by atoms with Crippen molar-refractivity contribution in [2.45, 2.75) is 51.9 Å². The van der Waals surface area contributed by atoms with Crippen LogP contribution in [-0.4, -0.2) is 11.1 Å². The molecular weight excluding hydrogens is 200 g/mol. The van der Waals surface area contributed by atoms with Gasteiger partial charge in [0.15, 0.2) is 0 Å². The zero-order valence-electron chi connectivity index (χ0n) is 10.3. The van der Waals surface area contributed by atoms with E-state index in [0.717, 1.165) is 31.1 Å². The SMILES string of the molecule is C=CCC[C@@H](CC(=O)O)CC1CCC[C@@H]1C. The van der Waals surface area contributed by atoms with Crippen molar-refractivity contribution in [1.82, 2.24) is 0 Å². The topological polar surface area (TPSA) is 37.3 Å². The van der Waals surface area contributed by atoms with Crippen LogP contribution in [0.2, 0.25) is 0 Å². The number of hydrogen-bond donors (Lipinski definition) is 1. The predicted octanol–water partition coefficient (Wildman–Crippen LogP) is 3.87. The molecule has 0 saturated heterocycles. The van der Waals surface area contributed by atoms with E-state index in [1.54, 1.807) is 0 Å². The summed E-state index contributed by atoms with van der Waals surface area (Å²) in [4.78, 5) is 10.8. The molecule has 1 aliphatic carbocycles. The van der Waals surface area contributed by atoms with E-state index in [9.17, 15) is 4.79 Å². The van der Waals surface area contributed by atoms with Crippen molar-refractivity contribution in [3.63, 3.8) is 0 Å². The van der Waals surface area contributed by atoms with E-state index in [1.165, 1.54) is 19.3 Å². The van der Waals surface area contributed by atoms with Crippen LogP contribution in [-0.2, 0) is 4.79 Å². The van der Waals surface area contributed by atoms with Crippen LogP contribution in [0.1, 0.15) is 51.9 Å². The molecular formula is C14H24O2. The van der Waals surface area contributed by atoms with E-state index >= 15 is 0 Å². The van der Waals surface area contributed by atoms with Gasteiger partial charge in [-0.15, -0.1) is 6.58 Å². The monoisotopic (exact) mass is 224 g/mol. The number of carbonyl (C=O) groups is 1. The van der Waals surface area contributed by atoms with Gasteiger partial charge in [-0.05, 0) is 37.0 Å². The standard InChI is InChI=1S/C14H24O2/c1-3-4-7-12(10-14(15)16)9-13-8-5-6-11(13)2/h3,11-13H,1,4-10H2,2H3,(H,15,16)/t11-,12+,13?/m0/s1. The fourth-order valence-electron chi connectivity index (χ4n) is 2.90. The van der Waals surface area contributed by atoms with Gasteiger partial charge in [-0.1, -0.05) is 32.3 Å². The molecule has 0 bridgehead atoms. The Morgan fingerprint density at radius 1 is 1.56 bits per heavy atom. The largest absolute Gasteiger partial charge is 0.481 e. The molecule has 0 aromatic rings.